The number of hydrogen-bond acceptors (Lipinski definition) is 4. The smallest absolute Gasteiger partial charge is 0.311 e. The molecular weight excluding hydrogens is 467 g/mol. The van der Waals surface area contributed by atoms with E-state index in [9.17, 15) is 14.0 Å². The highest BCUT2D eigenvalue weighted by atomic mass is 19.1. The fourth-order valence-electron chi connectivity index (χ4n) is 3.61. The van der Waals surface area contributed by atoms with E-state index >= 15 is 0 Å². The average Bonchev–Trinajstić information content (AvgIpc) is 2.90. The van der Waals surface area contributed by atoms with Crippen molar-refractivity contribution < 1.29 is 23.5 Å². The van der Waals surface area contributed by atoms with Crippen LogP contribution in [0.25, 0.3) is 11.6 Å². The van der Waals surface area contributed by atoms with Crippen molar-refractivity contribution in [2.45, 2.75) is 45.6 Å². The molecule has 0 saturated heterocycles. The van der Waals surface area contributed by atoms with Crippen molar-refractivity contribution in [2.75, 3.05) is 6.61 Å². The molecule has 4 nitrogen and oxygen atoms in total. The van der Waals surface area contributed by atoms with Gasteiger partial charge in [0.2, 0.25) is 0 Å². The van der Waals surface area contributed by atoms with Crippen molar-refractivity contribution in [2.24, 2.45) is 0 Å². The molecule has 3 aromatic rings. The van der Waals surface area contributed by atoms with Crippen LogP contribution in [0, 0.1) is 5.82 Å². The van der Waals surface area contributed by atoms with Gasteiger partial charge < -0.3 is 9.47 Å². The van der Waals surface area contributed by atoms with E-state index in [1.807, 2.05) is 6.92 Å². The Bertz CT molecular complexity index is 1190. The largest absolute Gasteiger partial charge is 0.427 e. The molecule has 37 heavy (non-hydrogen) atoms. The monoisotopic (exact) mass is 500 g/mol. The molecular formula is C32H33FO4. The highest BCUT2D eigenvalue weighted by Gasteiger charge is 2.06. The second-order valence-electron chi connectivity index (χ2n) is 8.94. The van der Waals surface area contributed by atoms with Gasteiger partial charge in [0.25, 0.3) is 0 Å². The highest BCUT2D eigenvalue weighted by Crippen LogP contribution is 2.16. The predicted molar refractivity (Wildman–Crippen MR) is 146 cm³/mol. The Morgan fingerprint density at radius 3 is 2.16 bits per heavy atom. The Balaban J connectivity index is 1.26. The van der Waals surface area contributed by atoms with Crippen LogP contribution in [-0.2, 0) is 16.1 Å². The molecule has 192 valence electrons. The summed E-state index contributed by atoms with van der Waals surface area (Å²) in [5.41, 5.74) is 4.55. The lowest BCUT2D eigenvalue weighted by Gasteiger charge is -2.07. The maximum absolute atomic E-state index is 13.0. The van der Waals surface area contributed by atoms with E-state index in [2.05, 4.69) is 30.8 Å². The zero-order valence-corrected chi connectivity index (χ0v) is 21.3. The van der Waals surface area contributed by atoms with Crippen molar-refractivity contribution in [1.29, 1.82) is 0 Å². The summed E-state index contributed by atoms with van der Waals surface area (Å²) < 4.78 is 24.1. The summed E-state index contributed by atoms with van der Waals surface area (Å²) in [5.74, 6) is -0.385. The molecule has 0 saturated carbocycles. The van der Waals surface area contributed by atoms with Crippen LogP contribution in [0.2, 0.25) is 0 Å². The topological polar surface area (TPSA) is 52.6 Å². The maximum Gasteiger partial charge on any atom is 0.311 e. The SMILES string of the molecule is C=C(C)c1ccc(COCCCCCCC(=O)Oc2ccc(C=CC(=O)c3ccc(F)cc3)cc2)cc1. The van der Waals surface area contributed by atoms with Gasteiger partial charge in [-0.05, 0) is 78.9 Å². The zero-order valence-electron chi connectivity index (χ0n) is 21.3. The Kier molecular flexibility index (Phi) is 11.0. The first-order chi connectivity index (χ1) is 17.9. The number of allylic oxidation sites excluding steroid dienone is 2. The molecule has 0 N–H and O–H groups in total. The molecule has 3 rings (SSSR count). The molecule has 0 fully saturated rings. The molecule has 0 amide bonds. The summed E-state index contributed by atoms with van der Waals surface area (Å²) >= 11 is 0. The number of unbranched alkanes of at least 4 members (excludes halogenated alkanes) is 3. The van der Waals surface area contributed by atoms with Crippen molar-refractivity contribution >= 4 is 23.4 Å². The summed E-state index contributed by atoms with van der Waals surface area (Å²) in [6, 6.07) is 20.6. The van der Waals surface area contributed by atoms with Crippen LogP contribution in [0.5, 0.6) is 5.75 Å². The molecule has 0 unspecified atom stereocenters. The third kappa shape index (κ3) is 9.98. The highest BCUT2D eigenvalue weighted by molar-refractivity contribution is 6.06. The fraction of sp³-hybridized carbons (Fsp3) is 0.250. The van der Waals surface area contributed by atoms with Gasteiger partial charge in [0.15, 0.2) is 5.78 Å². The van der Waals surface area contributed by atoms with E-state index < -0.39 is 0 Å². The van der Waals surface area contributed by atoms with E-state index in [-0.39, 0.29) is 17.6 Å². The second-order valence-corrected chi connectivity index (χ2v) is 8.94. The summed E-state index contributed by atoms with van der Waals surface area (Å²) in [4.78, 5) is 24.3. The Morgan fingerprint density at radius 2 is 1.49 bits per heavy atom. The molecule has 0 spiro atoms. The summed E-state index contributed by atoms with van der Waals surface area (Å²) in [6.07, 6.45) is 7.13. The summed E-state index contributed by atoms with van der Waals surface area (Å²) in [6.45, 7) is 7.23. The van der Waals surface area contributed by atoms with Crippen LogP contribution in [0.1, 0.15) is 66.1 Å². The van der Waals surface area contributed by atoms with Gasteiger partial charge >= 0.3 is 5.97 Å². The molecule has 0 atom stereocenters. The number of ether oxygens (including phenoxy) is 2. The Morgan fingerprint density at radius 1 is 0.838 bits per heavy atom. The molecule has 0 aliphatic heterocycles. The standard InChI is InChI=1S/C32H33FO4/c1-24(2)27-13-8-26(9-14-27)23-36-22-6-4-3-5-7-32(35)37-30-19-10-25(11-20-30)12-21-31(34)28-15-17-29(33)18-16-28/h8-21H,1,3-7,22-23H2,2H3. The number of hydrogen-bond donors (Lipinski definition) is 0. The lowest BCUT2D eigenvalue weighted by Crippen LogP contribution is -2.07. The summed E-state index contributed by atoms with van der Waals surface area (Å²) in [5, 5.41) is 0. The molecule has 5 heteroatoms. The van der Waals surface area contributed by atoms with Gasteiger partial charge in [-0.1, -0.05) is 67.5 Å². The predicted octanol–water partition coefficient (Wildman–Crippen LogP) is 7.83. The first kappa shape index (κ1) is 27.8. The van der Waals surface area contributed by atoms with E-state index in [1.54, 1.807) is 30.3 Å². The number of carbonyl (C=O) groups excluding carboxylic acids is 2. The third-order valence-electron chi connectivity index (χ3n) is 5.80. The first-order valence-electron chi connectivity index (χ1n) is 12.5. The Hall–Kier alpha value is -3.83. The lowest BCUT2D eigenvalue weighted by molar-refractivity contribution is -0.134. The van der Waals surface area contributed by atoms with Gasteiger partial charge in [0.05, 0.1) is 6.61 Å². The quantitative estimate of drug-likeness (QED) is 0.0744. The molecule has 0 aliphatic carbocycles. The van der Waals surface area contributed by atoms with Gasteiger partial charge in [-0.3, -0.25) is 9.59 Å². The van der Waals surface area contributed by atoms with E-state index in [0.29, 0.717) is 30.9 Å². The van der Waals surface area contributed by atoms with Crippen molar-refractivity contribution in [3.63, 3.8) is 0 Å². The van der Waals surface area contributed by atoms with Crippen molar-refractivity contribution in [1.82, 2.24) is 0 Å². The van der Waals surface area contributed by atoms with Crippen LogP contribution in [0.3, 0.4) is 0 Å². The number of halogens is 1. The van der Waals surface area contributed by atoms with Crippen LogP contribution in [0.15, 0.2) is 85.5 Å². The molecule has 0 bridgehead atoms. The molecule has 0 heterocycles. The number of ketones is 1. The Labute approximate surface area is 218 Å². The van der Waals surface area contributed by atoms with Crippen molar-refractivity contribution in [3.8, 4) is 5.75 Å². The molecule has 0 radical (unpaired) electrons. The normalized spacial score (nSPS) is 11.0. The molecule has 0 aromatic heterocycles. The maximum atomic E-state index is 13.0. The van der Waals surface area contributed by atoms with E-state index in [4.69, 9.17) is 9.47 Å². The number of esters is 1. The van der Waals surface area contributed by atoms with Crippen molar-refractivity contribution in [3.05, 3.63) is 114 Å². The number of benzene rings is 3. The van der Waals surface area contributed by atoms with E-state index in [1.165, 1.54) is 30.3 Å². The lowest BCUT2D eigenvalue weighted by atomic mass is 10.1. The fourth-order valence-corrected chi connectivity index (χ4v) is 3.61. The van der Waals surface area contributed by atoms with Gasteiger partial charge in [-0.25, -0.2) is 4.39 Å². The number of rotatable bonds is 14. The first-order valence-corrected chi connectivity index (χ1v) is 12.5. The minimum Gasteiger partial charge on any atom is -0.427 e. The van der Waals surface area contributed by atoms with Gasteiger partial charge in [0.1, 0.15) is 11.6 Å². The van der Waals surface area contributed by atoms with Crippen LogP contribution >= 0.6 is 0 Å². The number of carbonyl (C=O) groups is 2. The minimum atomic E-state index is -0.382. The van der Waals surface area contributed by atoms with E-state index in [0.717, 1.165) is 47.9 Å². The average molecular weight is 501 g/mol. The van der Waals surface area contributed by atoms with Crippen LogP contribution < -0.4 is 4.74 Å². The van der Waals surface area contributed by atoms with Crippen LogP contribution in [0.4, 0.5) is 4.39 Å². The van der Waals surface area contributed by atoms with Crippen LogP contribution in [-0.4, -0.2) is 18.4 Å². The zero-order chi connectivity index (χ0) is 26.5. The van der Waals surface area contributed by atoms with Gasteiger partial charge in [-0.2, -0.15) is 0 Å². The molecule has 0 aliphatic rings. The second kappa shape index (κ2) is 14.7. The van der Waals surface area contributed by atoms with Gasteiger partial charge in [0, 0.05) is 18.6 Å². The minimum absolute atomic E-state index is 0.212. The third-order valence-corrected chi connectivity index (χ3v) is 5.80. The summed E-state index contributed by atoms with van der Waals surface area (Å²) in [7, 11) is 0. The van der Waals surface area contributed by atoms with Gasteiger partial charge in [-0.15, -0.1) is 0 Å². The molecule has 3 aromatic carbocycles.